The van der Waals surface area contributed by atoms with Crippen LogP contribution in [0.4, 0.5) is 0 Å². The third-order valence-corrected chi connectivity index (χ3v) is 12.6. The van der Waals surface area contributed by atoms with Crippen LogP contribution in [0.25, 0.3) is 0 Å². The summed E-state index contributed by atoms with van der Waals surface area (Å²) in [7, 11) is 0. The van der Waals surface area contributed by atoms with Gasteiger partial charge in [-0.05, 0) is 67.5 Å². The molecule has 4 fully saturated rings. The van der Waals surface area contributed by atoms with Crippen molar-refractivity contribution in [3.63, 3.8) is 0 Å². The minimum atomic E-state index is -0.680. The predicted molar refractivity (Wildman–Crippen MR) is 220 cm³/mol. The molecule has 10 nitrogen and oxygen atoms in total. The fourth-order valence-corrected chi connectivity index (χ4v) is 8.89. The first-order chi connectivity index (χ1) is 27.7. The first kappa shape index (κ1) is 40.2. The Morgan fingerprint density at radius 3 is 1.51 bits per heavy atom. The first-order valence-corrected chi connectivity index (χ1v) is 21.4. The van der Waals surface area contributed by atoms with Crippen molar-refractivity contribution in [2.75, 3.05) is 39.3 Å². The number of carbonyl (C=O) groups is 5. The van der Waals surface area contributed by atoms with Crippen molar-refractivity contribution in [2.24, 2.45) is 17.8 Å². The normalized spacial score (nSPS) is 24.8. The largest absolute Gasteiger partial charge is 0.352 e. The van der Waals surface area contributed by atoms with E-state index < -0.39 is 11.8 Å². The van der Waals surface area contributed by atoms with E-state index in [0.717, 1.165) is 64.5 Å². The van der Waals surface area contributed by atoms with Gasteiger partial charge in [0.05, 0.1) is 17.8 Å². The molecule has 3 aromatic carbocycles. The van der Waals surface area contributed by atoms with Crippen molar-refractivity contribution in [2.45, 2.75) is 95.6 Å². The van der Waals surface area contributed by atoms with E-state index in [0.29, 0.717) is 30.6 Å². The molecule has 4 aliphatic rings. The lowest BCUT2D eigenvalue weighted by Crippen LogP contribution is -2.43. The summed E-state index contributed by atoms with van der Waals surface area (Å²) in [6, 6.07) is 26.9. The van der Waals surface area contributed by atoms with Crippen LogP contribution in [0.15, 0.2) is 84.9 Å². The molecule has 5 amide bonds. The van der Waals surface area contributed by atoms with Gasteiger partial charge in [-0.3, -0.25) is 24.0 Å². The summed E-state index contributed by atoms with van der Waals surface area (Å²) in [5, 5.41) is 6.39. The Morgan fingerprint density at radius 1 is 0.596 bits per heavy atom. The standard InChI is InChI=1S/C47H59N5O5/c1-3-5-13-24-50(25-14-6-4-2)47(57)36-23-26-51(29-36)45(55)34-19-21-35(22-20-34)46(56)52-30-39(43(53)48-41-27-37(41)32-15-9-7-10-16-32)40(31-52)44(54)49-42-28-38(42)33-17-11-8-12-18-33/h7-12,15-22,36-42H,3-6,13-14,23-31H2,1-2H3,(H,48,53)(H,49,54)/t36-,37+,38+,39+,40+,41-,42-/m0/s1. The molecule has 2 heterocycles. The van der Waals surface area contributed by atoms with Gasteiger partial charge >= 0.3 is 0 Å². The minimum absolute atomic E-state index is 0.00358. The summed E-state index contributed by atoms with van der Waals surface area (Å²) >= 11 is 0. The summed E-state index contributed by atoms with van der Waals surface area (Å²) in [5.41, 5.74) is 3.23. The summed E-state index contributed by atoms with van der Waals surface area (Å²) in [5.74, 6) is -1.73. The van der Waals surface area contributed by atoms with E-state index in [4.69, 9.17) is 0 Å². The number of nitrogens with zero attached hydrogens (tertiary/aromatic N) is 3. The summed E-state index contributed by atoms with van der Waals surface area (Å²) in [6.07, 6.45) is 8.75. The molecule has 2 N–H and O–H groups in total. The lowest BCUT2D eigenvalue weighted by molar-refractivity contribution is -0.135. The maximum absolute atomic E-state index is 14.0. The Labute approximate surface area is 337 Å². The van der Waals surface area contributed by atoms with Crippen molar-refractivity contribution < 1.29 is 24.0 Å². The molecule has 3 aromatic rings. The quantitative estimate of drug-likeness (QED) is 0.154. The molecule has 0 radical (unpaired) electrons. The highest BCUT2D eigenvalue weighted by Gasteiger charge is 2.49. The summed E-state index contributed by atoms with van der Waals surface area (Å²) in [4.78, 5) is 74.2. The van der Waals surface area contributed by atoms with Crippen molar-refractivity contribution in [3.05, 3.63) is 107 Å². The molecule has 2 saturated heterocycles. The molecule has 2 aliphatic carbocycles. The van der Waals surface area contributed by atoms with Crippen LogP contribution in [0.3, 0.4) is 0 Å². The number of carbonyl (C=O) groups excluding carboxylic acids is 5. The molecular weight excluding hydrogens is 715 g/mol. The van der Waals surface area contributed by atoms with Gasteiger partial charge in [0, 0.05) is 74.3 Å². The Balaban J connectivity index is 0.974. The van der Waals surface area contributed by atoms with Crippen LogP contribution >= 0.6 is 0 Å². The van der Waals surface area contributed by atoms with E-state index in [9.17, 15) is 24.0 Å². The van der Waals surface area contributed by atoms with Gasteiger partial charge in [-0.15, -0.1) is 0 Å². The third-order valence-electron chi connectivity index (χ3n) is 12.6. The fourth-order valence-electron chi connectivity index (χ4n) is 8.89. The van der Waals surface area contributed by atoms with E-state index in [-0.39, 0.29) is 72.5 Å². The van der Waals surface area contributed by atoms with Crippen LogP contribution in [0, 0.1) is 17.8 Å². The SMILES string of the molecule is CCCCCN(CCCCC)C(=O)[C@H]1CCN(C(=O)c2ccc(C(=O)N3C[C@@H](C(=O)N[C@H]4C[C@@H]4c4ccccc4)[C@H](C(=O)N[C@H]4C[C@@H]4c4ccccc4)C3)cc2)C1. The van der Waals surface area contributed by atoms with Crippen molar-refractivity contribution >= 4 is 29.5 Å². The van der Waals surface area contributed by atoms with Gasteiger partial charge in [-0.1, -0.05) is 100 Å². The minimum Gasteiger partial charge on any atom is -0.352 e. The Bertz CT molecular complexity index is 1780. The van der Waals surface area contributed by atoms with Gasteiger partial charge in [-0.2, -0.15) is 0 Å². The molecule has 0 unspecified atom stereocenters. The lowest BCUT2D eigenvalue weighted by atomic mass is 9.94. The Hall–Kier alpha value is -4.99. The molecule has 2 saturated carbocycles. The number of hydrogen-bond donors (Lipinski definition) is 2. The monoisotopic (exact) mass is 773 g/mol. The van der Waals surface area contributed by atoms with Crippen molar-refractivity contribution in [1.82, 2.24) is 25.3 Å². The number of nitrogens with one attached hydrogen (secondary N) is 2. The predicted octanol–water partition coefficient (Wildman–Crippen LogP) is 6.39. The Morgan fingerprint density at radius 2 is 1.05 bits per heavy atom. The molecular formula is C47H59N5O5. The van der Waals surface area contributed by atoms with Crippen LogP contribution in [0.5, 0.6) is 0 Å². The van der Waals surface area contributed by atoms with Gasteiger partial charge in [0.25, 0.3) is 11.8 Å². The zero-order chi connectivity index (χ0) is 39.9. The highest BCUT2D eigenvalue weighted by Crippen LogP contribution is 2.42. The highest BCUT2D eigenvalue weighted by molar-refractivity contribution is 5.99. The van der Waals surface area contributed by atoms with Gasteiger partial charge in [0.2, 0.25) is 17.7 Å². The number of rotatable bonds is 17. The molecule has 10 heteroatoms. The van der Waals surface area contributed by atoms with Crippen LogP contribution in [0.1, 0.15) is 115 Å². The number of likely N-dealkylation sites (tertiary alicyclic amines) is 2. The molecule has 57 heavy (non-hydrogen) atoms. The zero-order valence-corrected chi connectivity index (χ0v) is 33.6. The molecule has 0 bridgehead atoms. The van der Waals surface area contributed by atoms with E-state index in [2.05, 4.69) is 48.7 Å². The van der Waals surface area contributed by atoms with Crippen molar-refractivity contribution in [1.29, 1.82) is 0 Å². The molecule has 7 atom stereocenters. The maximum Gasteiger partial charge on any atom is 0.253 e. The van der Waals surface area contributed by atoms with Gasteiger partial charge < -0.3 is 25.3 Å². The van der Waals surface area contributed by atoms with Crippen LogP contribution in [0.2, 0.25) is 0 Å². The molecule has 0 spiro atoms. The van der Waals surface area contributed by atoms with E-state index in [1.165, 1.54) is 11.1 Å². The van der Waals surface area contributed by atoms with Gasteiger partial charge in [-0.25, -0.2) is 0 Å². The molecule has 0 aromatic heterocycles. The molecule has 302 valence electrons. The fraction of sp³-hybridized carbons (Fsp3) is 0.511. The zero-order valence-electron chi connectivity index (χ0n) is 33.6. The van der Waals surface area contributed by atoms with Crippen molar-refractivity contribution in [3.8, 4) is 0 Å². The average Bonchev–Trinajstić information content (AvgIpc) is 4.07. The lowest BCUT2D eigenvalue weighted by Gasteiger charge is -2.26. The van der Waals surface area contributed by atoms with E-state index in [1.54, 1.807) is 34.1 Å². The number of hydrogen-bond acceptors (Lipinski definition) is 5. The number of unbranched alkanes of at least 4 members (excludes halogenated alkanes) is 4. The second-order valence-corrected chi connectivity index (χ2v) is 16.7. The summed E-state index contributed by atoms with van der Waals surface area (Å²) in [6.45, 7) is 7.07. The number of amides is 5. The second-order valence-electron chi connectivity index (χ2n) is 16.7. The average molecular weight is 774 g/mol. The first-order valence-electron chi connectivity index (χ1n) is 21.4. The molecule has 7 rings (SSSR count). The highest BCUT2D eigenvalue weighted by atomic mass is 16.2. The number of benzene rings is 3. The molecule has 2 aliphatic heterocycles. The van der Waals surface area contributed by atoms with E-state index in [1.807, 2.05) is 41.3 Å². The Kier molecular flexibility index (Phi) is 13.1. The summed E-state index contributed by atoms with van der Waals surface area (Å²) < 4.78 is 0. The van der Waals surface area contributed by atoms with Crippen LogP contribution in [-0.4, -0.2) is 95.6 Å². The third kappa shape index (κ3) is 9.77. The smallest absolute Gasteiger partial charge is 0.253 e. The second kappa shape index (κ2) is 18.5. The maximum atomic E-state index is 14.0. The van der Waals surface area contributed by atoms with Crippen LogP contribution < -0.4 is 10.6 Å². The van der Waals surface area contributed by atoms with Crippen LogP contribution in [-0.2, 0) is 14.4 Å². The topological polar surface area (TPSA) is 119 Å². The van der Waals surface area contributed by atoms with E-state index >= 15 is 0 Å². The van der Waals surface area contributed by atoms with Gasteiger partial charge in [0.1, 0.15) is 0 Å². The van der Waals surface area contributed by atoms with Gasteiger partial charge in [0.15, 0.2) is 0 Å².